The number of hydrogen-bond donors (Lipinski definition) is 2. The van der Waals surface area contributed by atoms with Gasteiger partial charge in [-0.15, -0.1) is 0 Å². The molecule has 0 amide bonds. The van der Waals surface area contributed by atoms with Crippen molar-refractivity contribution in [2.45, 2.75) is 6.92 Å². The molecular formula is C10H17N5O. The zero-order valence-electron chi connectivity index (χ0n) is 9.44. The first-order valence-electron chi connectivity index (χ1n) is 5.55. The molecule has 0 aliphatic carbocycles. The Hall–Kier alpha value is -1.40. The highest BCUT2D eigenvalue weighted by Crippen LogP contribution is 2.07. The van der Waals surface area contributed by atoms with Gasteiger partial charge >= 0.3 is 0 Å². The van der Waals surface area contributed by atoms with E-state index in [4.69, 9.17) is 4.74 Å². The summed E-state index contributed by atoms with van der Waals surface area (Å²) in [6, 6.07) is 1.86. The van der Waals surface area contributed by atoms with E-state index in [0.29, 0.717) is 5.95 Å². The number of rotatable bonds is 4. The van der Waals surface area contributed by atoms with E-state index in [0.717, 1.165) is 38.7 Å². The summed E-state index contributed by atoms with van der Waals surface area (Å²) in [5.74, 6) is 1.47. The van der Waals surface area contributed by atoms with Gasteiger partial charge < -0.3 is 15.5 Å². The number of morpholine rings is 1. The Bertz CT molecular complexity index is 327. The lowest BCUT2D eigenvalue weighted by molar-refractivity contribution is 0.0495. The fourth-order valence-electron chi connectivity index (χ4n) is 1.50. The van der Waals surface area contributed by atoms with Gasteiger partial charge in [0.1, 0.15) is 5.82 Å². The molecular weight excluding hydrogens is 206 g/mol. The van der Waals surface area contributed by atoms with Crippen molar-refractivity contribution in [2.75, 3.05) is 43.6 Å². The van der Waals surface area contributed by atoms with Crippen molar-refractivity contribution in [3.8, 4) is 0 Å². The number of anilines is 2. The molecule has 0 unspecified atom stereocenters. The van der Waals surface area contributed by atoms with Crippen molar-refractivity contribution in [1.82, 2.24) is 15.0 Å². The average Bonchev–Trinajstić information content (AvgIpc) is 2.31. The summed E-state index contributed by atoms with van der Waals surface area (Å²) in [5.41, 5.74) is 3.24. The Morgan fingerprint density at radius 3 is 3.00 bits per heavy atom. The van der Waals surface area contributed by atoms with Crippen molar-refractivity contribution in [2.24, 2.45) is 0 Å². The Balaban J connectivity index is 1.94. The zero-order valence-corrected chi connectivity index (χ0v) is 9.44. The van der Waals surface area contributed by atoms with Crippen LogP contribution in [0.15, 0.2) is 12.3 Å². The van der Waals surface area contributed by atoms with Crippen molar-refractivity contribution in [3.05, 3.63) is 12.3 Å². The average molecular weight is 223 g/mol. The predicted molar refractivity (Wildman–Crippen MR) is 62.2 cm³/mol. The minimum Gasteiger partial charge on any atom is -0.379 e. The summed E-state index contributed by atoms with van der Waals surface area (Å²) in [7, 11) is 0. The molecule has 16 heavy (non-hydrogen) atoms. The third-order valence-corrected chi connectivity index (χ3v) is 2.27. The number of nitrogens with zero attached hydrogens (tertiary/aromatic N) is 3. The van der Waals surface area contributed by atoms with Crippen LogP contribution in [0.25, 0.3) is 0 Å². The van der Waals surface area contributed by atoms with Crippen LogP contribution in [0.4, 0.5) is 11.8 Å². The summed E-state index contributed by atoms with van der Waals surface area (Å²) in [6.45, 7) is 6.11. The van der Waals surface area contributed by atoms with E-state index in [1.807, 2.05) is 13.0 Å². The molecule has 0 radical (unpaired) electrons. The molecule has 1 aromatic rings. The van der Waals surface area contributed by atoms with Gasteiger partial charge in [-0.05, 0) is 6.92 Å². The van der Waals surface area contributed by atoms with Gasteiger partial charge in [-0.1, -0.05) is 0 Å². The quantitative estimate of drug-likeness (QED) is 0.778. The highest BCUT2D eigenvalue weighted by atomic mass is 16.5. The second kappa shape index (κ2) is 5.62. The monoisotopic (exact) mass is 223 g/mol. The van der Waals surface area contributed by atoms with Gasteiger partial charge in [0.2, 0.25) is 5.95 Å². The van der Waals surface area contributed by atoms with Crippen LogP contribution in [0.3, 0.4) is 0 Å². The van der Waals surface area contributed by atoms with Gasteiger partial charge in [0.15, 0.2) is 0 Å². The fourth-order valence-corrected chi connectivity index (χ4v) is 1.50. The van der Waals surface area contributed by atoms with Crippen LogP contribution in [0.5, 0.6) is 0 Å². The summed E-state index contributed by atoms with van der Waals surface area (Å²) in [5, 5.41) is 5.18. The molecule has 1 fully saturated rings. The summed E-state index contributed by atoms with van der Waals surface area (Å²) >= 11 is 0. The van der Waals surface area contributed by atoms with E-state index in [2.05, 4.69) is 25.7 Å². The van der Waals surface area contributed by atoms with Crippen molar-refractivity contribution in [1.29, 1.82) is 0 Å². The molecule has 2 heterocycles. The number of ether oxygens (including phenoxy) is 1. The minimum atomic E-state index is 0.653. The molecule has 1 aliphatic heterocycles. The molecule has 2 N–H and O–H groups in total. The van der Waals surface area contributed by atoms with E-state index in [1.165, 1.54) is 0 Å². The number of hydrogen-bond acceptors (Lipinski definition) is 6. The third-order valence-electron chi connectivity index (χ3n) is 2.27. The Kier molecular flexibility index (Phi) is 3.90. The molecule has 6 heteroatoms. The van der Waals surface area contributed by atoms with Crippen LogP contribution in [0.2, 0.25) is 0 Å². The van der Waals surface area contributed by atoms with E-state index < -0.39 is 0 Å². The van der Waals surface area contributed by atoms with Gasteiger partial charge in [-0.3, -0.25) is 0 Å². The summed E-state index contributed by atoms with van der Waals surface area (Å²) in [4.78, 5) is 8.46. The van der Waals surface area contributed by atoms with E-state index in [1.54, 1.807) is 6.20 Å². The van der Waals surface area contributed by atoms with Gasteiger partial charge in [-0.25, -0.2) is 9.99 Å². The number of hydrazine groups is 1. The lowest BCUT2D eigenvalue weighted by Gasteiger charge is -2.27. The maximum atomic E-state index is 5.27. The van der Waals surface area contributed by atoms with Crippen LogP contribution in [-0.2, 0) is 4.74 Å². The van der Waals surface area contributed by atoms with Gasteiger partial charge in [0.25, 0.3) is 0 Å². The highest BCUT2D eigenvalue weighted by molar-refractivity contribution is 5.38. The van der Waals surface area contributed by atoms with Crippen LogP contribution in [0, 0.1) is 0 Å². The van der Waals surface area contributed by atoms with Crippen LogP contribution < -0.4 is 10.7 Å². The molecule has 2 rings (SSSR count). The molecule has 0 saturated carbocycles. The van der Waals surface area contributed by atoms with Gasteiger partial charge in [0, 0.05) is 31.9 Å². The molecule has 6 nitrogen and oxygen atoms in total. The Labute approximate surface area is 95.0 Å². The minimum absolute atomic E-state index is 0.653. The molecule has 0 aromatic carbocycles. The lowest BCUT2D eigenvalue weighted by atomic mass is 10.5. The normalized spacial score (nSPS) is 17.1. The smallest absolute Gasteiger partial charge is 0.224 e. The summed E-state index contributed by atoms with van der Waals surface area (Å²) in [6.07, 6.45) is 1.74. The standard InChI is InChI=1S/C10H17N5O/c1-2-11-10-12-4-3-9(13-10)14-15-5-7-16-8-6-15/h3-4H,2,5-8H2,1H3,(H2,11,12,13,14). The topological polar surface area (TPSA) is 62.3 Å². The lowest BCUT2D eigenvalue weighted by Crippen LogP contribution is -2.40. The number of nitrogens with one attached hydrogen (secondary N) is 2. The first-order chi connectivity index (χ1) is 7.88. The SMILES string of the molecule is CCNc1nccc(NN2CCOCC2)n1. The molecule has 1 aromatic heterocycles. The first-order valence-corrected chi connectivity index (χ1v) is 5.55. The summed E-state index contributed by atoms with van der Waals surface area (Å²) < 4.78 is 5.27. The molecule has 0 spiro atoms. The van der Waals surface area contributed by atoms with Crippen molar-refractivity contribution < 1.29 is 4.74 Å². The maximum Gasteiger partial charge on any atom is 0.224 e. The molecule has 1 saturated heterocycles. The molecule has 1 aliphatic rings. The van der Waals surface area contributed by atoms with Crippen molar-refractivity contribution in [3.63, 3.8) is 0 Å². The van der Waals surface area contributed by atoms with E-state index in [-0.39, 0.29) is 0 Å². The van der Waals surface area contributed by atoms with E-state index in [9.17, 15) is 0 Å². The highest BCUT2D eigenvalue weighted by Gasteiger charge is 2.10. The van der Waals surface area contributed by atoms with Gasteiger partial charge in [0.05, 0.1) is 13.2 Å². The van der Waals surface area contributed by atoms with Crippen LogP contribution in [0.1, 0.15) is 6.92 Å². The Morgan fingerprint density at radius 1 is 1.44 bits per heavy atom. The fraction of sp³-hybridized carbons (Fsp3) is 0.600. The van der Waals surface area contributed by atoms with Crippen LogP contribution >= 0.6 is 0 Å². The number of aromatic nitrogens is 2. The van der Waals surface area contributed by atoms with Gasteiger partial charge in [-0.2, -0.15) is 4.98 Å². The van der Waals surface area contributed by atoms with Crippen molar-refractivity contribution >= 4 is 11.8 Å². The predicted octanol–water partition coefficient (Wildman–Crippen LogP) is 0.567. The molecule has 0 atom stereocenters. The second-order valence-corrected chi connectivity index (χ2v) is 3.51. The first kappa shape index (κ1) is 11.1. The second-order valence-electron chi connectivity index (χ2n) is 3.51. The third kappa shape index (κ3) is 3.04. The Morgan fingerprint density at radius 2 is 2.25 bits per heavy atom. The maximum absolute atomic E-state index is 5.27. The zero-order chi connectivity index (χ0) is 11.2. The molecule has 88 valence electrons. The largest absolute Gasteiger partial charge is 0.379 e. The van der Waals surface area contributed by atoms with Crippen LogP contribution in [-0.4, -0.2) is 47.8 Å². The van der Waals surface area contributed by atoms with E-state index >= 15 is 0 Å². The molecule has 0 bridgehead atoms.